The molecule has 0 aliphatic carbocycles. The van der Waals surface area contributed by atoms with E-state index in [2.05, 4.69) is 5.92 Å². The van der Waals surface area contributed by atoms with Gasteiger partial charge in [0.1, 0.15) is 12.6 Å². The molecule has 0 bridgehead atoms. The molecule has 2 amide bonds. The molecule has 0 radical (unpaired) electrons. The summed E-state index contributed by atoms with van der Waals surface area (Å²) in [5.41, 5.74) is 0.644. The van der Waals surface area contributed by atoms with Crippen LogP contribution < -0.4 is 9.47 Å². The number of hydrogen-bond donors (Lipinski definition) is 0. The number of benzene rings is 1. The molecule has 0 saturated carbocycles. The Morgan fingerprint density at radius 2 is 2.00 bits per heavy atom. The van der Waals surface area contributed by atoms with Crippen molar-refractivity contribution in [2.75, 3.05) is 19.8 Å². The Balaban J connectivity index is 2.26. The third-order valence-electron chi connectivity index (χ3n) is 3.71. The molecule has 1 aromatic carbocycles. The zero-order valence-corrected chi connectivity index (χ0v) is 16.7. The molecule has 148 valence electrons. The lowest BCUT2D eigenvalue weighted by molar-refractivity contribution is -0.150. The van der Waals surface area contributed by atoms with Gasteiger partial charge in [0.2, 0.25) is 0 Å². The lowest BCUT2D eigenvalue weighted by atomic mass is 10.1. The topological polar surface area (TPSA) is 82.1 Å². The van der Waals surface area contributed by atoms with Crippen LogP contribution >= 0.6 is 11.8 Å². The fraction of sp³-hybridized carbons (Fsp3) is 0.350. The normalized spacial score (nSPS) is 16.1. The second-order valence-electron chi connectivity index (χ2n) is 5.61. The summed E-state index contributed by atoms with van der Waals surface area (Å²) in [7, 11) is 0. The summed E-state index contributed by atoms with van der Waals surface area (Å²) in [5, 5.41) is -0.518. The van der Waals surface area contributed by atoms with Gasteiger partial charge in [-0.2, -0.15) is 0 Å². The molecule has 0 unspecified atom stereocenters. The fourth-order valence-electron chi connectivity index (χ4n) is 2.45. The molecule has 0 spiro atoms. The summed E-state index contributed by atoms with van der Waals surface area (Å²) in [6.45, 7) is 5.64. The number of carbonyl (C=O) groups is 3. The number of imide groups is 1. The van der Waals surface area contributed by atoms with E-state index in [0.717, 1.165) is 16.7 Å². The smallest absolute Gasteiger partial charge is 0.329 e. The van der Waals surface area contributed by atoms with Gasteiger partial charge >= 0.3 is 5.97 Å². The molecule has 0 N–H and O–H groups in total. The van der Waals surface area contributed by atoms with Crippen molar-refractivity contribution < 1.29 is 28.6 Å². The van der Waals surface area contributed by atoms with Crippen LogP contribution in [0, 0.1) is 12.3 Å². The standard InChI is InChI=1S/C20H21NO6S/c1-5-10-27-15-9-8-14(11-16(15)25-6-2)12-17-18(22)21(20(24)28-17)13(4)19(23)26-7-3/h1,8-9,11-13H,6-7,10H2,2-4H3/b17-12+/t13-/m0/s1. The Bertz CT molecular complexity index is 842. The number of ether oxygens (including phenoxy) is 3. The molecule has 1 atom stereocenters. The highest BCUT2D eigenvalue weighted by atomic mass is 32.2. The maximum atomic E-state index is 12.6. The largest absolute Gasteiger partial charge is 0.490 e. The van der Waals surface area contributed by atoms with E-state index in [9.17, 15) is 14.4 Å². The first-order valence-electron chi connectivity index (χ1n) is 8.69. The van der Waals surface area contributed by atoms with Gasteiger partial charge in [0, 0.05) is 0 Å². The van der Waals surface area contributed by atoms with Crippen molar-refractivity contribution in [2.24, 2.45) is 0 Å². The average molecular weight is 403 g/mol. The number of hydrogen-bond acceptors (Lipinski definition) is 7. The third-order valence-corrected chi connectivity index (χ3v) is 4.60. The van der Waals surface area contributed by atoms with Crippen molar-refractivity contribution in [1.29, 1.82) is 0 Å². The van der Waals surface area contributed by atoms with Gasteiger partial charge in [-0.1, -0.05) is 12.0 Å². The van der Waals surface area contributed by atoms with Crippen molar-refractivity contribution >= 4 is 35.0 Å². The first-order valence-corrected chi connectivity index (χ1v) is 9.51. The van der Waals surface area contributed by atoms with Gasteiger partial charge < -0.3 is 14.2 Å². The second-order valence-corrected chi connectivity index (χ2v) is 6.60. The molecule has 8 heteroatoms. The zero-order chi connectivity index (χ0) is 20.7. The van der Waals surface area contributed by atoms with Crippen LogP contribution in [0.15, 0.2) is 23.1 Å². The van der Waals surface area contributed by atoms with Crippen molar-refractivity contribution in [1.82, 2.24) is 4.90 Å². The molecule has 0 aromatic heterocycles. The highest BCUT2D eigenvalue weighted by molar-refractivity contribution is 8.18. The quantitative estimate of drug-likeness (QED) is 0.375. The number of esters is 1. The van der Waals surface area contributed by atoms with Gasteiger partial charge in [-0.15, -0.1) is 6.42 Å². The summed E-state index contributed by atoms with van der Waals surface area (Å²) < 4.78 is 15.9. The van der Waals surface area contributed by atoms with E-state index in [4.69, 9.17) is 20.6 Å². The van der Waals surface area contributed by atoms with E-state index in [1.54, 1.807) is 31.2 Å². The predicted octanol–water partition coefficient (Wildman–Crippen LogP) is 3.09. The van der Waals surface area contributed by atoms with Crippen LogP contribution in [0.1, 0.15) is 26.3 Å². The van der Waals surface area contributed by atoms with Gasteiger partial charge in [0.25, 0.3) is 11.1 Å². The molecule has 1 saturated heterocycles. The molecule has 1 aliphatic rings. The minimum absolute atomic E-state index is 0.101. The number of rotatable bonds is 8. The van der Waals surface area contributed by atoms with Gasteiger partial charge in [-0.05, 0) is 56.3 Å². The maximum absolute atomic E-state index is 12.6. The lowest BCUT2D eigenvalue weighted by Crippen LogP contribution is -2.42. The van der Waals surface area contributed by atoms with E-state index in [0.29, 0.717) is 23.7 Å². The van der Waals surface area contributed by atoms with E-state index < -0.39 is 23.2 Å². The van der Waals surface area contributed by atoms with Crippen LogP contribution in [0.2, 0.25) is 0 Å². The molecule has 1 fully saturated rings. The second kappa shape index (κ2) is 9.85. The molecule has 1 aliphatic heterocycles. The van der Waals surface area contributed by atoms with Gasteiger partial charge in [-0.3, -0.25) is 14.5 Å². The Hall–Kier alpha value is -2.92. The highest BCUT2D eigenvalue weighted by Crippen LogP contribution is 2.35. The highest BCUT2D eigenvalue weighted by Gasteiger charge is 2.41. The Kier molecular flexibility index (Phi) is 7.52. The maximum Gasteiger partial charge on any atom is 0.329 e. The number of nitrogens with zero attached hydrogens (tertiary/aromatic N) is 1. The summed E-state index contributed by atoms with van der Waals surface area (Å²) in [6.07, 6.45) is 6.78. The molecule has 2 rings (SSSR count). The minimum Gasteiger partial charge on any atom is -0.490 e. The van der Waals surface area contributed by atoms with Crippen molar-refractivity contribution in [3.63, 3.8) is 0 Å². The molecular formula is C20H21NO6S. The summed E-state index contributed by atoms with van der Waals surface area (Å²) >= 11 is 0.770. The van der Waals surface area contributed by atoms with E-state index in [1.165, 1.54) is 6.92 Å². The number of amides is 2. The van der Waals surface area contributed by atoms with Crippen molar-refractivity contribution in [2.45, 2.75) is 26.8 Å². The number of thioether (sulfide) groups is 1. The SMILES string of the molecule is C#CCOc1ccc(/C=C2/SC(=O)N([C@@H](C)C(=O)OCC)C2=O)cc1OCC. The zero-order valence-electron chi connectivity index (χ0n) is 15.9. The van der Waals surface area contributed by atoms with Gasteiger partial charge in [-0.25, -0.2) is 4.79 Å². The molecule has 28 heavy (non-hydrogen) atoms. The monoisotopic (exact) mass is 403 g/mol. The Morgan fingerprint density at radius 3 is 2.64 bits per heavy atom. The summed E-state index contributed by atoms with van der Waals surface area (Å²) in [6, 6.07) is 4.10. The summed E-state index contributed by atoms with van der Waals surface area (Å²) in [4.78, 5) is 37.9. The van der Waals surface area contributed by atoms with Crippen molar-refractivity contribution in [3.8, 4) is 23.8 Å². The number of carbonyl (C=O) groups excluding carboxylic acids is 3. The Morgan fingerprint density at radius 1 is 1.25 bits per heavy atom. The van der Waals surface area contributed by atoms with E-state index >= 15 is 0 Å². The fourth-order valence-corrected chi connectivity index (χ4v) is 3.36. The molecule has 1 heterocycles. The first kappa shape index (κ1) is 21.4. The van der Waals surface area contributed by atoms with Crippen molar-refractivity contribution in [3.05, 3.63) is 28.7 Å². The molecule has 7 nitrogen and oxygen atoms in total. The van der Waals surface area contributed by atoms with Gasteiger partial charge in [0.15, 0.2) is 11.5 Å². The Labute approximate surface area is 168 Å². The van der Waals surface area contributed by atoms with Crippen LogP contribution in [0.5, 0.6) is 11.5 Å². The molecular weight excluding hydrogens is 382 g/mol. The van der Waals surface area contributed by atoms with Gasteiger partial charge in [0.05, 0.1) is 18.1 Å². The average Bonchev–Trinajstić information content (AvgIpc) is 2.94. The lowest BCUT2D eigenvalue weighted by Gasteiger charge is -2.19. The van der Waals surface area contributed by atoms with Crippen LogP contribution in [0.4, 0.5) is 4.79 Å². The van der Waals surface area contributed by atoms with Crippen LogP contribution in [-0.4, -0.2) is 47.9 Å². The van der Waals surface area contributed by atoms with E-state index in [1.807, 2.05) is 6.92 Å². The van der Waals surface area contributed by atoms with Crippen LogP contribution in [0.25, 0.3) is 6.08 Å². The minimum atomic E-state index is -0.989. The summed E-state index contributed by atoms with van der Waals surface area (Å²) in [5.74, 6) is 2.18. The van der Waals surface area contributed by atoms with E-state index in [-0.39, 0.29) is 18.1 Å². The molecule has 1 aromatic rings. The number of terminal acetylenes is 1. The van der Waals surface area contributed by atoms with Crippen LogP contribution in [-0.2, 0) is 14.3 Å². The van der Waals surface area contributed by atoms with Crippen LogP contribution in [0.3, 0.4) is 0 Å². The third kappa shape index (κ3) is 4.87. The predicted molar refractivity (Wildman–Crippen MR) is 106 cm³/mol. The first-order chi connectivity index (χ1) is 13.4.